The van der Waals surface area contributed by atoms with Crippen molar-refractivity contribution in [1.29, 1.82) is 0 Å². The Balaban J connectivity index is 1.58. The molecule has 0 aliphatic rings. The van der Waals surface area contributed by atoms with Gasteiger partial charge in [-0.05, 0) is 54.6 Å². The standard InChI is InChI=1S/C24H23N3O4/c1-27(2)18-8-5-15(6-9-18)24-26-21-13-17(7-10-22(21)31-24)25-23(28)16-11-19(29-3)14-20(12-16)30-4/h5-14H,1-4H3,(H,25,28). The van der Waals surface area contributed by atoms with Gasteiger partial charge in [0.15, 0.2) is 5.58 Å². The molecule has 0 bridgehead atoms. The van der Waals surface area contributed by atoms with Gasteiger partial charge in [-0.15, -0.1) is 0 Å². The van der Waals surface area contributed by atoms with Gasteiger partial charge in [0.25, 0.3) is 5.91 Å². The van der Waals surface area contributed by atoms with Gasteiger partial charge in [-0.25, -0.2) is 4.98 Å². The molecule has 0 radical (unpaired) electrons. The van der Waals surface area contributed by atoms with E-state index in [-0.39, 0.29) is 5.91 Å². The van der Waals surface area contributed by atoms with E-state index < -0.39 is 0 Å². The van der Waals surface area contributed by atoms with Crippen LogP contribution in [0.15, 0.2) is 65.1 Å². The molecule has 4 rings (SSSR count). The van der Waals surface area contributed by atoms with Crippen LogP contribution in [0.3, 0.4) is 0 Å². The predicted molar refractivity (Wildman–Crippen MR) is 121 cm³/mol. The summed E-state index contributed by atoms with van der Waals surface area (Å²) in [4.78, 5) is 19.3. The molecule has 0 spiro atoms. The number of hydrogen-bond donors (Lipinski definition) is 1. The van der Waals surface area contributed by atoms with Crippen LogP contribution in [-0.2, 0) is 0 Å². The lowest BCUT2D eigenvalue weighted by atomic mass is 10.1. The van der Waals surface area contributed by atoms with Crippen molar-refractivity contribution in [3.05, 3.63) is 66.2 Å². The van der Waals surface area contributed by atoms with E-state index in [1.165, 1.54) is 0 Å². The number of fused-ring (bicyclic) bond motifs is 1. The number of amides is 1. The van der Waals surface area contributed by atoms with E-state index in [2.05, 4.69) is 10.3 Å². The van der Waals surface area contributed by atoms with Crippen LogP contribution in [0.2, 0.25) is 0 Å². The summed E-state index contributed by atoms with van der Waals surface area (Å²) in [5, 5.41) is 2.88. The maximum Gasteiger partial charge on any atom is 0.255 e. The van der Waals surface area contributed by atoms with E-state index in [1.807, 2.05) is 43.3 Å². The molecule has 0 aliphatic heterocycles. The fraction of sp³-hybridized carbons (Fsp3) is 0.167. The quantitative estimate of drug-likeness (QED) is 0.484. The lowest BCUT2D eigenvalue weighted by molar-refractivity contribution is 0.102. The fourth-order valence-corrected chi connectivity index (χ4v) is 3.17. The third-order valence-electron chi connectivity index (χ3n) is 4.89. The number of carbonyl (C=O) groups is 1. The Labute approximate surface area is 180 Å². The number of aromatic nitrogens is 1. The second-order valence-electron chi connectivity index (χ2n) is 7.20. The first-order chi connectivity index (χ1) is 15.0. The predicted octanol–water partition coefficient (Wildman–Crippen LogP) is 4.83. The van der Waals surface area contributed by atoms with Gasteiger partial charge < -0.3 is 24.1 Å². The van der Waals surface area contributed by atoms with Crippen LogP contribution in [0.1, 0.15) is 10.4 Å². The number of ether oxygens (including phenoxy) is 2. The number of carbonyl (C=O) groups excluding carboxylic acids is 1. The maximum absolute atomic E-state index is 12.7. The van der Waals surface area contributed by atoms with Crippen LogP contribution in [0.5, 0.6) is 11.5 Å². The summed E-state index contributed by atoms with van der Waals surface area (Å²) in [7, 11) is 7.07. The number of anilines is 2. The molecule has 7 nitrogen and oxygen atoms in total. The molecule has 1 aromatic heterocycles. The molecule has 1 amide bonds. The van der Waals surface area contributed by atoms with Crippen LogP contribution in [0, 0.1) is 0 Å². The van der Waals surface area contributed by atoms with E-state index >= 15 is 0 Å². The minimum atomic E-state index is -0.278. The number of hydrogen-bond acceptors (Lipinski definition) is 6. The van der Waals surface area contributed by atoms with Gasteiger partial charge in [0.1, 0.15) is 17.0 Å². The number of rotatable bonds is 6. The summed E-state index contributed by atoms with van der Waals surface area (Å²) in [6, 6.07) is 18.3. The third kappa shape index (κ3) is 4.30. The fourth-order valence-electron chi connectivity index (χ4n) is 3.17. The number of oxazole rings is 1. The van der Waals surface area contributed by atoms with Crippen molar-refractivity contribution in [3.63, 3.8) is 0 Å². The molecule has 0 fully saturated rings. The van der Waals surface area contributed by atoms with Crippen molar-refractivity contribution in [2.24, 2.45) is 0 Å². The zero-order valence-corrected chi connectivity index (χ0v) is 17.8. The van der Waals surface area contributed by atoms with Crippen LogP contribution in [0.4, 0.5) is 11.4 Å². The van der Waals surface area contributed by atoms with Crippen molar-refractivity contribution < 1.29 is 18.7 Å². The van der Waals surface area contributed by atoms with E-state index in [0.29, 0.717) is 39.7 Å². The Morgan fingerprint density at radius 2 is 1.61 bits per heavy atom. The Morgan fingerprint density at radius 3 is 2.23 bits per heavy atom. The molecular weight excluding hydrogens is 394 g/mol. The zero-order chi connectivity index (χ0) is 22.0. The topological polar surface area (TPSA) is 76.8 Å². The second kappa shape index (κ2) is 8.39. The van der Waals surface area contributed by atoms with E-state index in [4.69, 9.17) is 13.9 Å². The Kier molecular flexibility index (Phi) is 5.49. The monoisotopic (exact) mass is 417 g/mol. The van der Waals surface area contributed by atoms with Crippen molar-refractivity contribution >= 4 is 28.4 Å². The van der Waals surface area contributed by atoms with Gasteiger partial charge in [0.2, 0.25) is 5.89 Å². The normalized spacial score (nSPS) is 10.7. The van der Waals surface area contributed by atoms with Crippen molar-refractivity contribution in [3.8, 4) is 23.0 Å². The Bertz CT molecular complexity index is 1210. The van der Waals surface area contributed by atoms with Gasteiger partial charge in [0, 0.05) is 42.7 Å². The first kappa shape index (κ1) is 20.3. The first-order valence-electron chi connectivity index (χ1n) is 9.69. The van der Waals surface area contributed by atoms with Crippen molar-refractivity contribution in [2.45, 2.75) is 0 Å². The third-order valence-corrected chi connectivity index (χ3v) is 4.89. The van der Waals surface area contributed by atoms with Gasteiger partial charge in [-0.3, -0.25) is 4.79 Å². The highest BCUT2D eigenvalue weighted by Gasteiger charge is 2.13. The summed E-state index contributed by atoms with van der Waals surface area (Å²) in [6.45, 7) is 0. The summed E-state index contributed by atoms with van der Waals surface area (Å²) in [6.07, 6.45) is 0. The molecule has 0 aliphatic carbocycles. The number of nitrogens with zero attached hydrogens (tertiary/aromatic N) is 2. The largest absolute Gasteiger partial charge is 0.497 e. The van der Waals surface area contributed by atoms with Gasteiger partial charge in [-0.1, -0.05) is 0 Å². The molecule has 7 heteroatoms. The molecule has 158 valence electrons. The Morgan fingerprint density at radius 1 is 0.935 bits per heavy atom. The van der Waals surface area contributed by atoms with Gasteiger partial charge >= 0.3 is 0 Å². The maximum atomic E-state index is 12.7. The molecule has 0 unspecified atom stereocenters. The highest BCUT2D eigenvalue weighted by atomic mass is 16.5. The molecule has 0 atom stereocenters. The number of methoxy groups -OCH3 is 2. The smallest absolute Gasteiger partial charge is 0.255 e. The average Bonchev–Trinajstić information content (AvgIpc) is 3.22. The lowest BCUT2D eigenvalue weighted by Gasteiger charge is -2.11. The minimum Gasteiger partial charge on any atom is -0.497 e. The summed E-state index contributed by atoms with van der Waals surface area (Å²) < 4.78 is 16.4. The van der Waals surface area contributed by atoms with Crippen LogP contribution >= 0.6 is 0 Å². The van der Waals surface area contributed by atoms with Gasteiger partial charge in [-0.2, -0.15) is 0 Å². The van der Waals surface area contributed by atoms with Crippen molar-refractivity contribution in [2.75, 3.05) is 38.5 Å². The van der Waals surface area contributed by atoms with Crippen molar-refractivity contribution in [1.82, 2.24) is 4.98 Å². The van der Waals surface area contributed by atoms with E-state index in [0.717, 1.165) is 11.3 Å². The molecule has 0 saturated heterocycles. The number of nitrogens with one attached hydrogen (secondary N) is 1. The molecule has 1 heterocycles. The van der Waals surface area contributed by atoms with Crippen LogP contribution in [0.25, 0.3) is 22.6 Å². The van der Waals surface area contributed by atoms with Crippen LogP contribution in [-0.4, -0.2) is 39.2 Å². The highest BCUT2D eigenvalue weighted by Crippen LogP contribution is 2.28. The molecule has 31 heavy (non-hydrogen) atoms. The molecule has 3 aromatic carbocycles. The lowest BCUT2D eigenvalue weighted by Crippen LogP contribution is -2.12. The average molecular weight is 417 g/mol. The van der Waals surface area contributed by atoms with E-state index in [1.54, 1.807) is 50.6 Å². The second-order valence-corrected chi connectivity index (χ2v) is 7.20. The minimum absolute atomic E-state index is 0.278. The van der Waals surface area contributed by atoms with E-state index in [9.17, 15) is 4.79 Å². The summed E-state index contributed by atoms with van der Waals surface area (Å²) in [5.74, 6) is 1.34. The molecule has 4 aromatic rings. The highest BCUT2D eigenvalue weighted by molar-refractivity contribution is 6.05. The SMILES string of the molecule is COc1cc(OC)cc(C(=O)Nc2ccc3oc(-c4ccc(N(C)C)cc4)nc3c2)c1. The molecular formula is C24H23N3O4. The Hall–Kier alpha value is -4.00. The molecule has 1 N–H and O–H groups in total. The van der Waals surface area contributed by atoms with Crippen LogP contribution < -0.4 is 19.7 Å². The summed E-state index contributed by atoms with van der Waals surface area (Å²) in [5.41, 5.74) is 4.33. The molecule has 0 saturated carbocycles. The number of benzene rings is 3. The zero-order valence-electron chi connectivity index (χ0n) is 17.8. The van der Waals surface area contributed by atoms with Gasteiger partial charge in [0.05, 0.1) is 14.2 Å². The summed E-state index contributed by atoms with van der Waals surface area (Å²) >= 11 is 0. The first-order valence-corrected chi connectivity index (χ1v) is 9.69.